The zero-order chi connectivity index (χ0) is 59.2. The van der Waals surface area contributed by atoms with E-state index in [0.29, 0.717) is 11.3 Å². The van der Waals surface area contributed by atoms with Crippen LogP contribution in [0.15, 0.2) is 328 Å². The lowest BCUT2D eigenvalue weighted by molar-refractivity contribution is 0.628. The highest BCUT2D eigenvalue weighted by atomic mass is 28.3. The summed E-state index contributed by atoms with van der Waals surface area (Å²) in [4.78, 5) is 6.00. The van der Waals surface area contributed by atoms with Gasteiger partial charge in [-0.25, -0.2) is 9.24 Å². The molecule has 2 heterocycles. The van der Waals surface area contributed by atoms with Crippen LogP contribution in [0.2, 0.25) is 0 Å². The van der Waals surface area contributed by atoms with E-state index < -0.39 is 16.1 Å². The quantitative estimate of drug-likeness (QED) is 0.0656. The van der Waals surface area contributed by atoms with E-state index >= 15 is 4.39 Å². The molecule has 88 heavy (non-hydrogen) atoms. The van der Waals surface area contributed by atoms with E-state index in [2.05, 4.69) is 280 Å². The fourth-order valence-corrected chi connectivity index (χ4v) is 23.4. The van der Waals surface area contributed by atoms with Crippen LogP contribution in [0.1, 0.15) is 5.56 Å². The van der Waals surface area contributed by atoms with Crippen LogP contribution in [0.4, 0.5) is 27.1 Å². The second kappa shape index (κ2) is 22.2. The highest BCUT2D eigenvalue weighted by molar-refractivity contribution is 7.20. The zero-order valence-electron chi connectivity index (χ0n) is 47.8. The van der Waals surface area contributed by atoms with E-state index in [1.807, 2.05) is 60.7 Å². The molecule has 0 aliphatic heterocycles. The largest absolute Gasteiger partial charge is 0.310 e. The third kappa shape index (κ3) is 8.78. The van der Waals surface area contributed by atoms with Crippen LogP contribution in [-0.2, 0) is 0 Å². The Hall–Kier alpha value is -11.4. The fraction of sp³-hybridized carbons (Fsp3) is 0. The number of aromatic nitrogens is 2. The van der Waals surface area contributed by atoms with Gasteiger partial charge in [-0.1, -0.05) is 218 Å². The Kier molecular flexibility index (Phi) is 13.5. The highest BCUT2D eigenvalue weighted by Gasteiger charge is 2.43. The molecule has 0 aliphatic carbocycles. The maximum Gasteiger partial charge on any atom is 0.187 e. The number of benzene rings is 13. The first-order valence-corrected chi connectivity index (χ1v) is 33.5. The monoisotopic (exact) mass is 1160 g/mol. The molecule has 0 amide bonds. The van der Waals surface area contributed by atoms with Crippen molar-refractivity contribution in [1.82, 2.24) is 9.13 Å². The van der Waals surface area contributed by atoms with Gasteiger partial charge >= 0.3 is 0 Å². The molecule has 5 nitrogen and oxygen atoms in total. The summed E-state index contributed by atoms with van der Waals surface area (Å²) in [6.07, 6.45) is 0. The van der Waals surface area contributed by atoms with Crippen molar-refractivity contribution in [1.29, 1.82) is 5.26 Å². The number of halogens is 1. The van der Waals surface area contributed by atoms with Crippen molar-refractivity contribution < 1.29 is 4.39 Å². The van der Waals surface area contributed by atoms with Gasteiger partial charge in [-0.3, -0.25) is 0 Å². The molecule has 0 saturated heterocycles. The third-order valence-corrected chi connectivity index (χ3v) is 27.2. The molecule has 0 unspecified atom stereocenters. The van der Waals surface area contributed by atoms with Crippen LogP contribution in [0.25, 0.3) is 59.8 Å². The number of nitrogens with zero attached hydrogens (tertiary/aromatic N) is 5. The number of hydrogen-bond acceptors (Lipinski definition) is 2. The molecule has 0 N–H and O–H groups in total. The lowest BCUT2D eigenvalue weighted by Gasteiger charge is -2.34. The van der Waals surface area contributed by atoms with E-state index in [4.69, 9.17) is 6.57 Å². The average molecular weight is 1160 g/mol. The Morgan fingerprint density at radius 1 is 0.330 bits per heavy atom. The molecule has 0 saturated carbocycles. The Bertz CT molecular complexity index is 4640. The molecule has 8 heteroatoms. The standard InChI is InChI=1S/C80H54FN5Si2/c1-83-59-36-42-62(43-37-59)86-78-49-45-64(53-74(78)76-55-72(47-51-80(76)86)88(68-26-14-5-15-27-68,69-28-16-6-17-29-69)70-30-18-7-19-31-70)84(60-40-34-58(81)35-41-60)63-44-48-77-73(52-63)75-54-71(46-50-79(75)85(77)61-38-32-57(56-82)33-39-61)87(65-20-8-2-9-21-65,66-22-10-3-11-23-66)67-24-12-4-13-25-67/h2-55H. The molecule has 0 aliphatic rings. The summed E-state index contributed by atoms with van der Waals surface area (Å²) in [5.74, 6) is -0.321. The second-order valence-corrected chi connectivity index (χ2v) is 30.0. The number of hydrogen-bond donors (Lipinski definition) is 0. The summed E-state index contributed by atoms with van der Waals surface area (Å²) in [5, 5.41) is 24.4. The van der Waals surface area contributed by atoms with Gasteiger partial charge in [-0.2, -0.15) is 5.26 Å². The second-order valence-electron chi connectivity index (χ2n) is 22.3. The van der Waals surface area contributed by atoms with Gasteiger partial charge in [0.15, 0.2) is 21.8 Å². The molecule has 0 fully saturated rings. The van der Waals surface area contributed by atoms with E-state index in [1.165, 1.54) is 53.6 Å². The van der Waals surface area contributed by atoms with E-state index in [-0.39, 0.29) is 5.82 Å². The summed E-state index contributed by atoms with van der Waals surface area (Å²) < 4.78 is 19.9. The van der Waals surface area contributed by atoms with Crippen LogP contribution in [-0.4, -0.2) is 25.3 Å². The molecular weight excluding hydrogens is 1110 g/mol. The fourth-order valence-electron chi connectivity index (χ4n) is 13.9. The maximum atomic E-state index is 15.3. The summed E-state index contributed by atoms with van der Waals surface area (Å²) in [6, 6.07) is 118. The summed E-state index contributed by atoms with van der Waals surface area (Å²) in [7, 11) is -5.97. The molecule has 0 bridgehead atoms. The van der Waals surface area contributed by atoms with Crippen molar-refractivity contribution in [2.45, 2.75) is 0 Å². The number of nitriles is 1. The van der Waals surface area contributed by atoms with Gasteiger partial charge in [0.05, 0.1) is 40.3 Å². The van der Waals surface area contributed by atoms with Crippen LogP contribution >= 0.6 is 0 Å². The van der Waals surface area contributed by atoms with Crippen LogP contribution in [0.3, 0.4) is 0 Å². The third-order valence-electron chi connectivity index (χ3n) is 17.7. The Balaban J connectivity index is 1.00. The number of rotatable bonds is 13. The lowest BCUT2D eigenvalue weighted by Crippen LogP contribution is -2.74. The minimum absolute atomic E-state index is 0.321. The van der Waals surface area contributed by atoms with Crippen molar-refractivity contribution >= 4 is 124 Å². The summed E-state index contributed by atoms with van der Waals surface area (Å²) in [5.41, 5.74) is 9.71. The first-order valence-electron chi connectivity index (χ1n) is 29.5. The predicted molar refractivity (Wildman–Crippen MR) is 368 cm³/mol. The Morgan fingerprint density at radius 3 is 0.966 bits per heavy atom. The van der Waals surface area contributed by atoms with Crippen molar-refractivity contribution in [3.05, 3.63) is 350 Å². The highest BCUT2D eigenvalue weighted by Crippen LogP contribution is 2.43. The topological polar surface area (TPSA) is 41.2 Å². The Labute approximate surface area is 512 Å². The molecule has 2 aromatic heterocycles. The maximum absolute atomic E-state index is 15.3. The Morgan fingerprint density at radius 2 is 0.636 bits per heavy atom. The minimum atomic E-state index is -2.99. The molecule has 0 radical (unpaired) electrons. The first kappa shape index (κ1) is 53.3. The van der Waals surface area contributed by atoms with Gasteiger partial charge in [-0.15, -0.1) is 0 Å². The van der Waals surface area contributed by atoms with E-state index in [9.17, 15) is 5.26 Å². The molecule has 15 aromatic rings. The predicted octanol–water partition coefficient (Wildman–Crippen LogP) is 14.7. The lowest BCUT2D eigenvalue weighted by atomic mass is 10.1. The van der Waals surface area contributed by atoms with E-state index in [0.717, 1.165) is 72.0 Å². The van der Waals surface area contributed by atoms with Gasteiger partial charge in [-0.05, 0) is 151 Å². The summed E-state index contributed by atoms with van der Waals surface area (Å²) in [6.45, 7) is 7.82. The van der Waals surface area contributed by atoms with Crippen LogP contribution in [0, 0.1) is 23.7 Å². The molecule has 0 spiro atoms. The first-order chi connectivity index (χ1) is 43.4. The number of anilines is 3. The van der Waals surface area contributed by atoms with Gasteiger partial charge in [0.25, 0.3) is 0 Å². The van der Waals surface area contributed by atoms with Gasteiger partial charge in [0.2, 0.25) is 0 Å². The van der Waals surface area contributed by atoms with Gasteiger partial charge < -0.3 is 14.0 Å². The van der Waals surface area contributed by atoms with Crippen LogP contribution in [0.5, 0.6) is 0 Å². The molecule has 0 atom stereocenters. The van der Waals surface area contributed by atoms with Gasteiger partial charge in [0, 0.05) is 50.0 Å². The van der Waals surface area contributed by atoms with Crippen LogP contribution < -0.4 is 46.4 Å². The SMILES string of the molecule is [C-]#[N+]c1ccc(-n2c3ccc(N(c4ccc(F)cc4)c4ccc5c(c4)c4cc([Si](c6ccccc6)(c6ccccc6)c6ccccc6)ccc4n5-c4ccc(C#N)cc4)cc3c3cc([Si](c4ccccc4)(c4ccccc4)c4ccccc4)ccc32)cc1. The normalized spacial score (nSPS) is 11.7. The average Bonchev–Trinajstić information content (AvgIpc) is 1.89. The molecule has 15 rings (SSSR count). The van der Waals surface area contributed by atoms with E-state index in [1.54, 1.807) is 0 Å². The molecular formula is C80H54FN5Si2. The summed E-state index contributed by atoms with van der Waals surface area (Å²) >= 11 is 0. The van der Waals surface area contributed by atoms with Gasteiger partial charge in [0.1, 0.15) is 5.82 Å². The molecule has 13 aromatic carbocycles. The minimum Gasteiger partial charge on any atom is -0.310 e. The molecule has 414 valence electrons. The van der Waals surface area contributed by atoms with Crippen molar-refractivity contribution in [2.75, 3.05) is 4.90 Å². The van der Waals surface area contributed by atoms with Crippen molar-refractivity contribution in [3.8, 4) is 17.4 Å². The smallest absolute Gasteiger partial charge is 0.187 e. The van der Waals surface area contributed by atoms with Crippen molar-refractivity contribution in [2.24, 2.45) is 0 Å². The zero-order valence-corrected chi connectivity index (χ0v) is 49.8. The van der Waals surface area contributed by atoms with Crippen molar-refractivity contribution in [3.63, 3.8) is 0 Å². The number of fused-ring (bicyclic) bond motifs is 6.